The van der Waals surface area contributed by atoms with Gasteiger partial charge in [-0.15, -0.1) is 0 Å². The maximum Gasteiger partial charge on any atom is 0.332 e. The Bertz CT molecular complexity index is 149. The first-order valence-electron chi connectivity index (χ1n) is 5.11. The van der Waals surface area contributed by atoms with E-state index in [0.717, 1.165) is 6.42 Å². The first-order chi connectivity index (χ1) is 7.31. The fraction of sp³-hybridized carbons (Fsp3) is 0.900. The van der Waals surface area contributed by atoms with Gasteiger partial charge in [-0.05, 0) is 13.3 Å². The molecule has 0 amide bonds. The van der Waals surface area contributed by atoms with Gasteiger partial charge in [0.2, 0.25) is 0 Å². The summed E-state index contributed by atoms with van der Waals surface area (Å²) in [6, 6.07) is 0. The Morgan fingerprint density at radius 2 is 1.80 bits per heavy atom. The van der Waals surface area contributed by atoms with Crippen molar-refractivity contribution in [1.82, 2.24) is 0 Å². The summed E-state index contributed by atoms with van der Waals surface area (Å²) in [5, 5.41) is 0. The van der Waals surface area contributed by atoms with E-state index in [0.29, 0.717) is 33.0 Å². The third-order valence-electron chi connectivity index (χ3n) is 1.53. The molecule has 5 heteroatoms. The largest absolute Gasteiger partial charge is 0.464 e. The third kappa shape index (κ3) is 11.3. The smallest absolute Gasteiger partial charge is 0.332 e. The average molecular weight is 220 g/mol. The van der Waals surface area contributed by atoms with Gasteiger partial charge < -0.3 is 18.9 Å². The van der Waals surface area contributed by atoms with Crippen molar-refractivity contribution in [3.8, 4) is 0 Å². The molecular formula is C10H20O5. The number of carbonyl (C=O) groups excluding carboxylic acids is 1. The van der Waals surface area contributed by atoms with Gasteiger partial charge in [0.05, 0.1) is 19.8 Å². The molecule has 5 nitrogen and oxygen atoms in total. The Kier molecular flexibility index (Phi) is 10.9. The molecule has 0 rings (SSSR count). The predicted molar refractivity (Wildman–Crippen MR) is 54.8 cm³/mol. The molecule has 0 atom stereocenters. The molecule has 0 aromatic rings. The molecule has 0 heterocycles. The average Bonchev–Trinajstić information content (AvgIpc) is 2.22. The van der Waals surface area contributed by atoms with Gasteiger partial charge in [-0.2, -0.15) is 0 Å². The van der Waals surface area contributed by atoms with Crippen LogP contribution in [0.3, 0.4) is 0 Å². The van der Waals surface area contributed by atoms with Crippen LogP contribution in [0.4, 0.5) is 0 Å². The second-order valence-corrected chi connectivity index (χ2v) is 2.82. The van der Waals surface area contributed by atoms with Crippen molar-refractivity contribution in [3.05, 3.63) is 0 Å². The molecule has 0 spiro atoms. The number of methoxy groups -OCH3 is 1. The summed E-state index contributed by atoms with van der Waals surface area (Å²) in [5.41, 5.74) is 0. The minimum atomic E-state index is -0.336. The SMILES string of the molecule is CCOC(=O)COCCOCCCOC. The molecule has 0 aliphatic heterocycles. The Balaban J connectivity index is 3.01. The number of hydrogen-bond acceptors (Lipinski definition) is 5. The molecule has 0 bridgehead atoms. The molecule has 15 heavy (non-hydrogen) atoms. The highest BCUT2D eigenvalue weighted by molar-refractivity contribution is 5.70. The molecule has 90 valence electrons. The molecule has 0 aromatic carbocycles. The van der Waals surface area contributed by atoms with Crippen molar-refractivity contribution in [2.24, 2.45) is 0 Å². The van der Waals surface area contributed by atoms with Gasteiger partial charge in [-0.1, -0.05) is 0 Å². The van der Waals surface area contributed by atoms with Gasteiger partial charge in [-0.25, -0.2) is 4.79 Å². The molecule has 0 fully saturated rings. The van der Waals surface area contributed by atoms with Gasteiger partial charge in [0.1, 0.15) is 6.61 Å². The minimum Gasteiger partial charge on any atom is -0.464 e. The quantitative estimate of drug-likeness (QED) is 0.399. The summed E-state index contributed by atoms with van der Waals surface area (Å²) in [7, 11) is 1.66. The molecular weight excluding hydrogens is 200 g/mol. The maximum atomic E-state index is 10.8. The van der Waals surface area contributed by atoms with E-state index in [1.807, 2.05) is 0 Å². The van der Waals surface area contributed by atoms with E-state index in [-0.39, 0.29) is 12.6 Å². The summed E-state index contributed by atoms with van der Waals surface area (Å²) >= 11 is 0. The monoisotopic (exact) mass is 220 g/mol. The molecule has 0 unspecified atom stereocenters. The molecule has 0 saturated heterocycles. The van der Waals surface area contributed by atoms with Crippen LogP contribution >= 0.6 is 0 Å². The summed E-state index contributed by atoms with van der Waals surface area (Å²) in [5.74, 6) is -0.336. The van der Waals surface area contributed by atoms with Crippen molar-refractivity contribution in [2.75, 3.05) is 46.8 Å². The van der Waals surface area contributed by atoms with Gasteiger partial charge in [0, 0.05) is 20.3 Å². The van der Waals surface area contributed by atoms with Gasteiger partial charge >= 0.3 is 5.97 Å². The predicted octanol–water partition coefficient (Wildman–Crippen LogP) is 0.619. The fourth-order valence-corrected chi connectivity index (χ4v) is 0.883. The molecule has 0 N–H and O–H groups in total. The minimum absolute atomic E-state index is 0.00469. The van der Waals surface area contributed by atoms with Crippen LogP contribution in [0.25, 0.3) is 0 Å². The summed E-state index contributed by atoms with van der Waals surface area (Å²) in [4.78, 5) is 10.8. The third-order valence-corrected chi connectivity index (χ3v) is 1.53. The van der Waals surface area contributed by atoms with Gasteiger partial charge in [-0.3, -0.25) is 0 Å². The lowest BCUT2D eigenvalue weighted by Crippen LogP contribution is -2.15. The lowest BCUT2D eigenvalue weighted by atomic mass is 10.5. The van der Waals surface area contributed by atoms with Crippen LogP contribution in [0.5, 0.6) is 0 Å². The zero-order valence-corrected chi connectivity index (χ0v) is 9.49. The fourth-order valence-electron chi connectivity index (χ4n) is 0.883. The van der Waals surface area contributed by atoms with Crippen LogP contribution in [0.15, 0.2) is 0 Å². The Hall–Kier alpha value is -0.650. The standard InChI is InChI=1S/C10H20O5/c1-3-15-10(11)9-14-8-7-13-6-4-5-12-2/h3-9H2,1-2H3. The normalized spacial score (nSPS) is 10.3. The molecule has 0 saturated carbocycles. The number of ether oxygens (including phenoxy) is 4. The van der Waals surface area contributed by atoms with Gasteiger partial charge in [0.15, 0.2) is 0 Å². The van der Waals surface area contributed by atoms with Crippen LogP contribution in [0, 0.1) is 0 Å². The second kappa shape index (κ2) is 11.4. The Morgan fingerprint density at radius 3 is 2.47 bits per heavy atom. The molecule has 0 aliphatic rings. The lowest BCUT2D eigenvalue weighted by molar-refractivity contribution is -0.148. The lowest BCUT2D eigenvalue weighted by Gasteiger charge is -2.05. The van der Waals surface area contributed by atoms with E-state index in [4.69, 9.17) is 14.2 Å². The number of esters is 1. The Labute approximate surface area is 90.6 Å². The van der Waals surface area contributed by atoms with Gasteiger partial charge in [0.25, 0.3) is 0 Å². The van der Waals surface area contributed by atoms with Crippen molar-refractivity contribution in [2.45, 2.75) is 13.3 Å². The van der Waals surface area contributed by atoms with Crippen molar-refractivity contribution in [3.63, 3.8) is 0 Å². The number of carbonyl (C=O) groups is 1. The molecule has 0 aliphatic carbocycles. The van der Waals surface area contributed by atoms with Crippen molar-refractivity contribution >= 4 is 5.97 Å². The van der Waals surface area contributed by atoms with Crippen molar-refractivity contribution < 1.29 is 23.7 Å². The van der Waals surface area contributed by atoms with E-state index in [1.54, 1.807) is 14.0 Å². The van der Waals surface area contributed by atoms with E-state index < -0.39 is 0 Å². The summed E-state index contributed by atoms with van der Waals surface area (Å²) in [6.45, 7) is 4.39. The van der Waals surface area contributed by atoms with E-state index in [2.05, 4.69) is 4.74 Å². The highest BCUT2D eigenvalue weighted by Gasteiger charge is 2.00. The first kappa shape index (κ1) is 14.3. The first-order valence-corrected chi connectivity index (χ1v) is 5.11. The van der Waals surface area contributed by atoms with Crippen LogP contribution in [0.2, 0.25) is 0 Å². The number of hydrogen-bond donors (Lipinski definition) is 0. The molecule has 0 radical (unpaired) electrons. The zero-order valence-electron chi connectivity index (χ0n) is 9.49. The van der Waals surface area contributed by atoms with Crippen LogP contribution in [-0.2, 0) is 23.7 Å². The highest BCUT2D eigenvalue weighted by atomic mass is 16.6. The topological polar surface area (TPSA) is 54.0 Å². The second-order valence-electron chi connectivity index (χ2n) is 2.82. The Morgan fingerprint density at radius 1 is 1.07 bits per heavy atom. The molecule has 0 aromatic heterocycles. The van der Waals surface area contributed by atoms with Crippen molar-refractivity contribution in [1.29, 1.82) is 0 Å². The summed E-state index contributed by atoms with van der Waals surface area (Å²) in [6.07, 6.45) is 0.869. The van der Waals surface area contributed by atoms with E-state index in [1.165, 1.54) is 0 Å². The summed E-state index contributed by atoms with van der Waals surface area (Å²) < 4.78 is 19.8. The zero-order chi connectivity index (χ0) is 11.4. The number of rotatable bonds is 10. The van der Waals surface area contributed by atoms with Crippen LogP contribution in [0.1, 0.15) is 13.3 Å². The highest BCUT2D eigenvalue weighted by Crippen LogP contribution is 1.85. The van der Waals surface area contributed by atoms with E-state index in [9.17, 15) is 4.79 Å². The van der Waals surface area contributed by atoms with E-state index >= 15 is 0 Å². The van der Waals surface area contributed by atoms with Crippen LogP contribution < -0.4 is 0 Å². The maximum absolute atomic E-state index is 10.8. The van der Waals surface area contributed by atoms with Crippen LogP contribution in [-0.4, -0.2) is 52.7 Å².